The molecular weight excluding hydrogens is 548 g/mol. The van der Waals surface area contributed by atoms with Gasteiger partial charge in [0.15, 0.2) is 11.4 Å². The number of carbonyl (C=O) groups excluding carboxylic acids is 4. The normalized spacial score (nSPS) is 27.5. The summed E-state index contributed by atoms with van der Waals surface area (Å²) in [5.74, 6) is -6.93. The quantitative estimate of drug-likeness (QED) is 0.260. The van der Waals surface area contributed by atoms with Gasteiger partial charge in [-0.05, 0) is 56.0 Å². The molecule has 4 atom stereocenters. The number of primary amides is 1. The van der Waals surface area contributed by atoms with E-state index in [9.17, 15) is 39.6 Å². The summed E-state index contributed by atoms with van der Waals surface area (Å²) < 4.78 is 5.30. The number of carbonyl (C=O) groups is 4. The van der Waals surface area contributed by atoms with E-state index in [1.165, 1.54) is 4.90 Å². The number of hydrogen-bond acceptors (Lipinski definition) is 10. The molecule has 1 aromatic rings. The van der Waals surface area contributed by atoms with Crippen LogP contribution in [0.5, 0.6) is 5.75 Å². The number of nitrogens with one attached hydrogen (secondary N) is 1. The van der Waals surface area contributed by atoms with Gasteiger partial charge in [-0.1, -0.05) is 13.0 Å². The molecule has 42 heavy (non-hydrogen) atoms. The number of morpholine rings is 1. The van der Waals surface area contributed by atoms with Crippen molar-refractivity contribution in [1.82, 2.24) is 15.1 Å². The van der Waals surface area contributed by atoms with Crippen molar-refractivity contribution < 1.29 is 44.3 Å². The van der Waals surface area contributed by atoms with E-state index < -0.39 is 58.0 Å². The Kier molecular flexibility index (Phi) is 7.54. The molecule has 1 aromatic carbocycles. The second kappa shape index (κ2) is 10.7. The van der Waals surface area contributed by atoms with Gasteiger partial charge in [0.05, 0.1) is 24.8 Å². The van der Waals surface area contributed by atoms with E-state index in [-0.39, 0.29) is 42.3 Å². The van der Waals surface area contributed by atoms with Crippen molar-refractivity contribution in [2.75, 3.05) is 40.4 Å². The highest BCUT2D eigenvalue weighted by Gasteiger charge is 2.63. The number of ether oxygens (including phenoxy) is 1. The van der Waals surface area contributed by atoms with Crippen LogP contribution in [0.15, 0.2) is 28.7 Å². The van der Waals surface area contributed by atoms with Crippen molar-refractivity contribution in [1.29, 1.82) is 0 Å². The molecule has 1 saturated heterocycles. The lowest BCUT2D eigenvalue weighted by molar-refractivity contribution is -0.148. The second-order valence-corrected chi connectivity index (χ2v) is 11.5. The number of Topliss-reactive ketones (excluding diaryl/α,β-unsaturated/α-hetero) is 2. The van der Waals surface area contributed by atoms with Crippen LogP contribution in [0.4, 0.5) is 4.79 Å². The molecule has 1 aliphatic heterocycles. The van der Waals surface area contributed by atoms with Gasteiger partial charge in [-0.25, -0.2) is 4.79 Å². The molecule has 3 amide bonds. The molecule has 0 saturated carbocycles. The number of amides is 3. The van der Waals surface area contributed by atoms with Crippen LogP contribution in [0.25, 0.3) is 0 Å². The molecular formula is C29H36N4O9. The minimum atomic E-state index is -2.70. The largest absolute Gasteiger partial charge is 0.510 e. The number of phenols is 1. The number of allylic oxidation sites excluding steroid dienone is 1. The first-order chi connectivity index (χ1) is 19.8. The zero-order chi connectivity index (χ0) is 30.7. The van der Waals surface area contributed by atoms with Crippen molar-refractivity contribution >= 4 is 23.5 Å². The van der Waals surface area contributed by atoms with Crippen LogP contribution in [-0.2, 0) is 33.7 Å². The summed E-state index contributed by atoms with van der Waals surface area (Å²) in [4.78, 5) is 55.6. The molecule has 1 fully saturated rings. The summed E-state index contributed by atoms with van der Waals surface area (Å²) in [6.45, 7) is 3.64. The van der Waals surface area contributed by atoms with Crippen LogP contribution in [0.2, 0.25) is 0 Å². The highest BCUT2D eigenvalue weighted by atomic mass is 16.5. The zero-order valence-corrected chi connectivity index (χ0v) is 23.8. The molecule has 0 radical (unpaired) electrons. The Morgan fingerprint density at radius 3 is 2.43 bits per heavy atom. The fraction of sp³-hybridized carbons (Fsp3) is 0.517. The Labute approximate surface area is 242 Å². The molecule has 0 bridgehead atoms. The minimum absolute atomic E-state index is 0.0123. The summed E-state index contributed by atoms with van der Waals surface area (Å²) in [5, 5.41) is 48.2. The molecule has 0 aromatic heterocycles. The maximum absolute atomic E-state index is 14.0. The van der Waals surface area contributed by atoms with E-state index in [2.05, 4.69) is 5.32 Å². The van der Waals surface area contributed by atoms with E-state index >= 15 is 0 Å². The van der Waals surface area contributed by atoms with Gasteiger partial charge in [-0.2, -0.15) is 0 Å². The Bertz CT molecular complexity index is 1440. The van der Waals surface area contributed by atoms with Crippen molar-refractivity contribution in [2.24, 2.45) is 17.6 Å². The predicted octanol–water partition coefficient (Wildman–Crippen LogP) is 0.225. The molecule has 0 spiro atoms. The molecule has 226 valence electrons. The summed E-state index contributed by atoms with van der Waals surface area (Å²) in [6.07, 6.45) is 0.503. The van der Waals surface area contributed by atoms with Crippen molar-refractivity contribution in [3.63, 3.8) is 0 Å². The number of hydrogen-bond donors (Lipinski definition) is 6. The van der Waals surface area contributed by atoms with Crippen LogP contribution in [0, 0.1) is 11.8 Å². The van der Waals surface area contributed by atoms with Crippen molar-refractivity contribution in [2.45, 2.75) is 44.4 Å². The Balaban J connectivity index is 1.60. The van der Waals surface area contributed by atoms with E-state index in [0.717, 1.165) is 0 Å². The van der Waals surface area contributed by atoms with E-state index in [4.69, 9.17) is 10.5 Å². The first kappa shape index (κ1) is 29.5. The first-order valence-electron chi connectivity index (χ1n) is 14.0. The lowest BCUT2D eigenvalue weighted by atomic mass is 9.58. The van der Waals surface area contributed by atoms with Crippen LogP contribution in [-0.4, -0.2) is 106 Å². The highest BCUT2D eigenvalue weighted by Crippen LogP contribution is 2.52. The minimum Gasteiger partial charge on any atom is -0.510 e. The molecule has 0 unspecified atom stereocenters. The third kappa shape index (κ3) is 4.34. The van der Waals surface area contributed by atoms with Gasteiger partial charge in [-0.15, -0.1) is 0 Å². The highest BCUT2D eigenvalue weighted by molar-refractivity contribution is 6.24. The van der Waals surface area contributed by atoms with Crippen molar-refractivity contribution in [3.8, 4) is 5.75 Å². The summed E-state index contributed by atoms with van der Waals surface area (Å²) in [6, 6.07) is 0.386. The number of phenolic OH excluding ortho intramolecular Hbond substituents is 1. The number of urea groups is 1. The lowest BCUT2D eigenvalue weighted by Crippen LogP contribution is -2.63. The number of nitrogens with two attached hydrogens (primary N) is 1. The zero-order valence-electron chi connectivity index (χ0n) is 23.8. The van der Waals surface area contributed by atoms with E-state index in [0.29, 0.717) is 49.4 Å². The number of likely N-dealkylation sites (N-methyl/N-ethyl adjacent to an activating group) is 1. The summed E-state index contributed by atoms with van der Waals surface area (Å²) in [5.41, 5.74) is 3.12. The van der Waals surface area contributed by atoms with Gasteiger partial charge < -0.3 is 41.1 Å². The van der Waals surface area contributed by atoms with Gasteiger partial charge in [-0.3, -0.25) is 19.3 Å². The number of aliphatic hydroxyl groups is 3. The standard InChI is InChI=1S/C29H36N4O9/c1-4-13-9-15(12-31-28(40)33-5-7-42-8-6-33)16-10-14-11-17-21(32(2)3)24(36)20(27(30)39)26(38)29(17,41)25(37)18(14)23(35)19(16)22(13)34/h9,14,17,21,34,36-37,41H,4-8,10-12H2,1-3H3,(H2,30,39)(H,31,40)/t14-,17-,21+,29-/m0/s1. The number of nitrogens with zero attached hydrogens (tertiary/aromatic N) is 2. The summed E-state index contributed by atoms with van der Waals surface area (Å²) in [7, 11) is 3.15. The molecule has 4 aliphatic rings. The first-order valence-corrected chi connectivity index (χ1v) is 14.0. The third-order valence-electron chi connectivity index (χ3n) is 9.00. The molecule has 1 heterocycles. The van der Waals surface area contributed by atoms with Crippen LogP contribution in [0.3, 0.4) is 0 Å². The van der Waals surface area contributed by atoms with Crippen LogP contribution < -0.4 is 11.1 Å². The molecule has 7 N–H and O–H groups in total. The van der Waals surface area contributed by atoms with Crippen molar-refractivity contribution in [3.05, 3.63) is 51.0 Å². The van der Waals surface area contributed by atoms with Gasteiger partial charge in [0.25, 0.3) is 5.91 Å². The maximum atomic E-state index is 14.0. The smallest absolute Gasteiger partial charge is 0.317 e. The average Bonchev–Trinajstić information content (AvgIpc) is 2.94. The van der Waals surface area contributed by atoms with Gasteiger partial charge in [0.2, 0.25) is 5.78 Å². The fourth-order valence-electron chi connectivity index (χ4n) is 6.93. The second-order valence-electron chi connectivity index (χ2n) is 11.5. The number of fused-ring (bicyclic) bond motifs is 3. The number of aromatic hydroxyl groups is 1. The number of benzene rings is 1. The monoisotopic (exact) mass is 584 g/mol. The molecule has 13 heteroatoms. The van der Waals surface area contributed by atoms with Gasteiger partial charge >= 0.3 is 6.03 Å². The number of rotatable bonds is 5. The number of aryl methyl sites for hydroxylation is 1. The predicted molar refractivity (Wildman–Crippen MR) is 148 cm³/mol. The third-order valence-corrected chi connectivity index (χ3v) is 9.00. The Morgan fingerprint density at radius 1 is 1.17 bits per heavy atom. The topological polar surface area (TPSA) is 203 Å². The molecule has 5 rings (SSSR count). The average molecular weight is 585 g/mol. The Hall–Kier alpha value is -3.94. The SMILES string of the molecule is CCc1cc(CNC(=O)N2CCOCC2)c2c(c1O)C(=O)C1=C(O)[C@]3(O)C(=O)C(C(N)=O)=C(O)[C@H](N(C)C)[C@@H]3C[C@@H]1C2. The molecule has 3 aliphatic carbocycles. The van der Waals surface area contributed by atoms with Gasteiger partial charge in [0, 0.05) is 31.1 Å². The fourth-order valence-corrected chi connectivity index (χ4v) is 6.93. The van der Waals surface area contributed by atoms with Crippen LogP contribution in [0.1, 0.15) is 40.4 Å². The lowest BCUT2D eigenvalue weighted by Gasteiger charge is -2.50. The molecule has 13 nitrogen and oxygen atoms in total. The van der Waals surface area contributed by atoms with Gasteiger partial charge in [0.1, 0.15) is 22.8 Å². The Morgan fingerprint density at radius 2 is 1.83 bits per heavy atom. The van der Waals surface area contributed by atoms with E-state index in [1.54, 1.807) is 32.0 Å². The maximum Gasteiger partial charge on any atom is 0.317 e. The van der Waals surface area contributed by atoms with E-state index in [1.807, 2.05) is 0 Å². The van der Waals surface area contributed by atoms with Crippen LogP contribution >= 0.6 is 0 Å². The number of ketones is 2. The number of aliphatic hydroxyl groups excluding tert-OH is 2. The summed E-state index contributed by atoms with van der Waals surface area (Å²) >= 11 is 0.